The number of nitrogens with zero attached hydrogens (tertiary/aromatic N) is 3. The second-order valence-corrected chi connectivity index (χ2v) is 6.30. The largest absolute Gasteiger partial charge is 0.490 e. The lowest BCUT2D eigenvalue weighted by atomic mass is 10.1. The molecule has 2 aliphatic rings. The second-order valence-electron chi connectivity index (χ2n) is 5.97. The molecule has 132 valence electrons. The van der Waals surface area contributed by atoms with E-state index in [4.69, 9.17) is 31.3 Å². The highest BCUT2D eigenvalue weighted by Gasteiger charge is 2.23. The Labute approximate surface area is 157 Å². The highest BCUT2D eigenvalue weighted by atomic mass is 35.5. The summed E-state index contributed by atoms with van der Waals surface area (Å²) in [4.78, 5) is 10.5. The van der Waals surface area contributed by atoms with Crippen LogP contribution < -0.4 is 19.1 Å². The van der Waals surface area contributed by atoms with Crippen LogP contribution in [0.2, 0.25) is 5.28 Å². The summed E-state index contributed by atoms with van der Waals surface area (Å²) >= 11 is 5.92. The Bertz CT molecular complexity index is 923. The molecule has 1 fully saturated rings. The van der Waals surface area contributed by atoms with Crippen molar-refractivity contribution in [2.45, 2.75) is 25.9 Å². The third-order valence-electron chi connectivity index (χ3n) is 4.24. The molecule has 0 N–H and O–H groups in total. The van der Waals surface area contributed by atoms with Crippen LogP contribution in [-0.2, 0) is 0 Å². The van der Waals surface area contributed by atoms with Gasteiger partial charge in [0.2, 0.25) is 5.28 Å². The van der Waals surface area contributed by atoms with Crippen LogP contribution in [0.5, 0.6) is 17.2 Å². The fraction of sp³-hybridized carbons (Fsp3) is 0.444. The van der Waals surface area contributed by atoms with E-state index >= 15 is 0 Å². The van der Waals surface area contributed by atoms with Gasteiger partial charge in [-0.05, 0) is 30.7 Å². The van der Waals surface area contributed by atoms with Crippen molar-refractivity contribution in [3.8, 4) is 17.2 Å². The molecular formula is C18H20ClN3O3. The summed E-state index contributed by atoms with van der Waals surface area (Å²) in [7, 11) is 0. The number of halogens is 1. The predicted molar refractivity (Wildman–Crippen MR) is 95.1 cm³/mol. The maximum absolute atomic E-state index is 7.70. The smallest absolute Gasteiger partial charge is 0.224 e. The van der Waals surface area contributed by atoms with Crippen molar-refractivity contribution in [3.63, 3.8) is 0 Å². The highest BCUT2D eigenvalue weighted by molar-refractivity contribution is 6.28. The Balaban J connectivity index is 1.41. The van der Waals surface area contributed by atoms with Crippen molar-refractivity contribution in [3.05, 3.63) is 35.2 Å². The zero-order chi connectivity index (χ0) is 20.8. The number of piperidine rings is 1. The monoisotopic (exact) mass is 365 g/mol. The van der Waals surface area contributed by atoms with Crippen LogP contribution in [0.1, 0.15) is 23.9 Å². The van der Waals surface area contributed by atoms with Gasteiger partial charge in [0.05, 0.1) is 5.48 Å². The maximum atomic E-state index is 7.70. The molecule has 1 aromatic heterocycles. The molecule has 0 spiro atoms. The standard InChI is InChI=1S/C18H20ClN3O3/c1-12-11-20-18(19)21-17(12)22-6-4-13(5-7-22)25-14-2-3-15-16(10-14)24-9-8-23-15/h2-3,10-11,13H,4-9H2,1H3/i8D2,9D2. The van der Waals surface area contributed by atoms with E-state index in [-0.39, 0.29) is 22.9 Å². The Hall–Kier alpha value is -2.21. The van der Waals surface area contributed by atoms with E-state index in [1.807, 2.05) is 6.92 Å². The minimum absolute atomic E-state index is 0.0189. The topological polar surface area (TPSA) is 56.7 Å². The summed E-state index contributed by atoms with van der Waals surface area (Å²) in [6.45, 7) is -1.71. The Morgan fingerprint density at radius 1 is 1.24 bits per heavy atom. The number of fused-ring (bicyclic) bond motifs is 1. The number of rotatable bonds is 3. The van der Waals surface area contributed by atoms with E-state index in [1.165, 1.54) is 12.1 Å². The van der Waals surface area contributed by atoms with E-state index in [2.05, 4.69) is 14.9 Å². The van der Waals surface area contributed by atoms with E-state index < -0.39 is 13.1 Å². The zero-order valence-corrected chi connectivity index (χ0v) is 14.4. The summed E-state index contributed by atoms with van der Waals surface area (Å²) in [5.41, 5.74) is 0.967. The summed E-state index contributed by atoms with van der Waals surface area (Å²) < 4.78 is 47.0. The molecule has 7 heteroatoms. The molecule has 0 unspecified atom stereocenters. The molecule has 0 atom stereocenters. The van der Waals surface area contributed by atoms with E-state index in [1.54, 1.807) is 12.3 Å². The lowest BCUT2D eigenvalue weighted by Crippen LogP contribution is -2.39. The molecule has 0 aliphatic carbocycles. The molecule has 1 aromatic carbocycles. The first-order valence-electron chi connectivity index (χ1n) is 10.1. The van der Waals surface area contributed by atoms with E-state index in [0.29, 0.717) is 5.75 Å². The fourth-order valence-corrected chi connectivity index (χ4v) is 3.12. The molecule has 0 saturated carbocycles. The number of aryl methyl sites for hydroxylation is 1. The second kappa shape index (κ2) is 6.96. The number of hydrogen-bond acceptors (Lipinski definition) is 6. The highest BCUT2D eigenvalue weighted by Crippen LogP contribution is 2.34. The molecule has 2 aliphatic heterocycles. The average molecular weight is 366 g/mol. The Morgan fingerprint density at radius 3 is 2.80 bits per heavy atom. The van der Waals surface area contributed by atoms with Crippen molar-refractivity contribution < 1.29 is 19.7 Å². The summed E-state index contributed by atoms with van der Waals surface area (Å²) in [6, 6.07) is 4.72. The normalized spacial score (nSPS) is 23.8. The first-order valence-corrected chi connectivity index (χ1v) is 8.45. The molecule has 1 saturated heterocycles. The zero-order valence-electron chi connectivity index (χ0n) is 17.7. The van der Waals surface area contributed by atoms with Gasteiger partial charge in [0, 0.05) is 43.8 Å². The van der Waals surface area contributed by atoms with Crippen LogP contribution in [-0.4, -0.2) is 42.3 Å². The number of hydrogen-bond donors (Lipinski definition) is 0. The van der Waals surface area contributed by atoms with Crippen LogP contribution in [0.25, 0.3) is 0 Å². The first-order chi connectivity index (χ1) is 13.6. The number of anilines is 1. The van der Waals surface area contributed by atoms with Crippen molar-refractivity contribution in [1.82, 2.24) is 9.97 Å². The van der Waals surface area contributed by atoms with Crippen LogP contribution in [0.3, 0.4) is 0 Å². The number of ether oxygens (including phenoxy) is 3. The van der Waals surface area contributed by atoms with Crippen LogP contribution in [0.15, 0.2) is 24.4 Å². The quantitative estimate of drug-likeness (QED) is 0.778. The van der Waals surface area contributed by atoms with E-state index in [9.17, 15) is 0 Å². The van der Waals surface area contributed by atoms with Crippen molar-refractivity contribution >= 4 is 17.4 Å². The molecular weight excluding hydrogens is 342 g/mol. The van der Waals surface area contributed by atoms with Crippen molar-refractivity contribution in [2.24, 2.45) is 0 Å². The molecule has 4 rings (SSSR count). The van der Waals surface area contributed by atoms with Gasteiger partial charge in [-0.1, -0.05) is 0 Å². The first kappa shape index (κ1) is 12.2. The Kier molecular flexibility index (Phi) is 3.39. The predicted octanol–water partition coefficient (Wildman–Crippen LogP) is 3.26. The maximum Gasteiger partial charge on any atom is 0.224 e. The Morgan fingerprint density at radius 2 is 2.00 bits per heavy atom. The van der Waals surface area contributed by atoms with Gasteiger partial charge in [-0.25, -0.2) is 9.97 Å². The SMILES string of the molecule is [2H]C1([2H])Oc2ccc(OC3CCN(c4nc(Cl)ncc4C)CC3)cc2OC1([2H])[2H]. The van der Waals surface area contributed by atoms with Crippen molar-refractivity contribution in [2.75, 3.05) is 31.1 Å². The summed E-state index contributed by atoms with van der Waals surface area (Å²) in [5.74, 6) is 1.61. The lowest BCUT2D eigenvalue weighted by molar-refractivity contribution is 0.159. The molecule has 2 aromatic rings. The third-order valence-corrected chi connectivity index (χ3v) is 4.42. The van der Waals surface area contributed by atoms with Gasteiger partial charge < -0.3 is 19.1 Å². The van der Waals surface area contributed by atoms with Crippen molar-refractivity contribution in [1.29, 1.82) is 0 Å². The minimum atomic E-state index is -2.60. The fourth-order valence-electron chi connectivity index (χ4n) is 2.99. The summed E-state index contributed by atoms with van der Waals surface area (Å²) in [5, 5.41) is 0.226. The molecule has 6 nitrogen and oxygen atoms in total. The molecule has 25 heavy (non-hydrogen) atoms. The van der Waals surface area contributed by atoms with Crippen LogP contribution >= 0.6 is 11.6 Å². The number of aromatic nitrogens is 2. The molecule has 0 bridgehead atoms. The summed E-state index contributed by atoms with van der Waals surface area (Å²) in [6.07, 6.45) is 3.25. The van der Waals surface area contributed by atoms with Crippen LogP contribution in [0, 0.1) is 6.92 Å². The minimum Gasteiger partial charge on any atom is -0.490 e. The van der Waals surface area contributed by atoms with Gasteiger partial charge in [-0.2, -0.15) is 0 Å². The van der Waals surface area contributed by atoms with Crippen LogP contribution in [0.4, 0.5) is 5.82 Å². The van der Waals surface area contributed by atoms with Gasteiger partial charge in [0.1, 0.15) is 30.8 Å². The van der Waals surface area contributed by atoms with Gasteiger partial charge in [0.25, 0.3) is 0 Å². The van der Waals surface area contributed by atoms with E-state index in [0.717, 1.165) is 37.3 Å². The molecule has 0 amide bonds. The molecule has 3 heterocycles. The average Bonchev–Trinajstić information content (AvgIpc) is 2.65. The third kappa shape index (κ3) is 3.58. The lowest BCUT2D eigenvalue weighted by Gasteiger charge is -2.33. The van der Waals surface area contributed by atoms with Gasteiger partial charge in [0.15, 0.2) is 11.5 Å². The van der Waals surface area contributed by atoms with Gasteiger partial charge in [-0.15, -0.1) is 0 Å². The van der Waals surface area contributed by atoms with Gasteiger partial charge >= 0.3 is 0 Å². The molecule has 0 radical (unpaired) electrons. The van der Waals surface area contributed by atoms with Gasteiger partial charge in [-0.3, -0.25) is 0 Å². The number of benzene rings is 1.